The average Bonchev–Trinajstić information content (AvgIpc) is 2.02. The van der Waals surface area contributed by atoms with Gasteiger partial charge in [0.25, 0.3) is 0 Å². The molecule has 0 aromatic carbocycles. The molecule has 1 N–H and O–H groups in total. The first-order valence-corrected chi connectivity index (χ1v) is 4.93. The highest BCUT2D eigenvalue weighted by molar-refractivity contribution is 5.95. The summed E-state index contributed by atoms with van der Waals surface area (Å²) < 4.78 is 0. The van der Waals surface area contributed by atoms with Crippen molar-refractivity contribution in [2.75, 3.05) is 0 Å². The molecule has 0 rings (SSSR count). The van der Waals surface area contributed by atoms with Crippen molar-refractivity contribution in [3.05, 3.63) is 0 Å². The highest BCUT2D eigenvalue weighted by atomic mass is 16.2. The Kier molecular flexibility index (Phi) is 6.20. The van der Waals surface area contributed by atoms with Crippen LogP contribution in [-0.4, -0.2) is 11.8 Å². The molecule has 0 aliphatic rings. The summed E-state index contributed by atoms with van der Waals surface area (Å²) in [5.41, 5.74) is 0. The average molecular weight is 185 g/mol. The number of hydrogen-bond donors (Lipinski definition) is 1. The first-order chi connectivity index (χ1) is 6.11. The second-order valence-electron chi connectivity index (χ2n) is 3.32. The van der Waals surface area contributed by atoms with Crippen molar-refractivity contribution in [1.82, 2.24) is 5.32 Å². The Morgan fingerprint density at radius 3 is 1.92 bits per heavy atom. The van der Waals surface area contributed by atoms with E-state index in [9.17, 15) is 9.59 Å². The maximum Gasteiger partial charge on any atom is 0.229 e. The van der Waals surface area contributed by atoms with Gasteiger partial charge in [-0.05, 0) is 12.8 Å². The van der Waals surface area contributed by atoms with Crippen LogP contribution in [0.2, 0.25) is 0 Å². The molecular weight excluding hydrogens is 166 g/mol. The molecule has 0 bridgehead atoms. The monoisotopic (exact) mass is 185 g/mol. The normalized spacial score (nSPS) is 10.2. The summed E-state index contributed by atoms with van der Waals surface area (Å²) in [6, 6.07) is 0. The van der Waals surface area contributed by atoms with Crippen molar-refractivity contribution in [2.45, 2.75) is 46.5 Å². The number of imide groups is 1. The quantitative estimate of drug-likeness (QED) is 0.710. The molecule has 0 atom stereocenters. The summed E-state index contributed by atoms with van der Waals surface area (Å²) in [6.07, 6.45) is 3.70. The van der Waals surface area contributed by atoms with Gasteiger partial charge >= 0.3 is 0 Å². The van der Waals surface area contributed by atoms with Gasteiger partial charge in [-0.3, -0.25) is 14.9 Å². The Morgan fingerprint density at radius 1 is 1.15 bits per heavy atom. The first kappa shape index (κ1) is 12.1. The van der Waals surface area contributed by atoms with Crippen LogP contribution in [0.15, 0.2) is 0 Å². The maximum absolute atomic E-state index is 11.4. The van der Waals surface area contributed by atoms with Crippen molar-refractivity contribution in [2.24, 2.45) is 5.92 Å². The fourth-order valence-corrected chi connectivity index (χ4v) is 1.38. The molecular formula is C10H19NO2. The lowest BCUT2D eigenvalue weighted by Crippen LogP contribution is -2.34. The zero-order valence-corrected chi connectivity index (χ0v) is 8.72. The second kappa shape index (κ2) is 6.63. The van der Waals surface area contributed by atoms with E-state index in [1.165, 1.54) is 6.92 Å². The first-order valence-electron chi connectivity index (χ1n) is 4.93. The van der Waals surface area contributed by atoms with Crippen LogP contribution in [0, 0.1) is 5.92 Å². The van der Waals surface area contributed by atoms with Crippen molar-refractivity contribution in [3.8, 4) is 0 Å². The summed E-state index contributed by atoms with van der Waals surface area (Å²) in [4.78, 5) is 22.0. The summed E-state index contributed by atoms with van der Waals surface area (Å²) in [6.45, 7) is 5.46. The number of carbonyl (C=O) groups is 2. The largest absolute Gasteiger partial charge is 0.296 e. The Labute approximate surface area is 79.9 Å². The minimum atomic E-state index is -0.262. The lowest BCUT2D eigenvalue weighted by atomic mass is 9.97. The van der Waals surface area contributed by atoms with Gasteiger partial charge in [-0.2, -0.15) is 0 Å². The van der Waals surface area contributed by atoms with Crippen molar-refractivity contribution < 1.29 is 9.59 Å². The van der Waals surface area contributed by atoms with Crippen LogP contribution in [0.3, 0.4) is 0 Å². The predicted octanol–water partition coefficient (Wildman–Crippen LogP) is 1.87. The third-order valence-corrected chi connectivity index (χ3v) is 1.94. The fraction of sp³-hybridized carbons (Fsp3) is 0.800. The third-order valence-electron chi connectivity index (χ3n) is 1.94. The predicted molar refractivity (Wildman–Crippen MR) is 52.1 cm³/mol. The molecule has 0 saturated heterocycles. The van der Waals surface area contributed by atoms with E-state index >= 15 is 0 Å². The molecule has 0 aliphatic carbocycles. The van der Waals surface area contributed by atoms with Gasteiger partial charge in [0, 0.05) is 12.8 Å². The van der Waals surface area contributed by atoms with E-state index in [4.69, 9.17) is 0 Å². The van der Waals surface area contributed by atoms with E-state index in [1.807, 2.05) is 13.8 Å². The summed E-state index contributed by atoms with van der Waals surface area (Å²) in [5, 5.41) is 2.33. The van der Waals surface area contributed by atoms with Crippen LogP contribution in [0.1, 0.15) is 46.5 Å². The minimum Gasteiger partial charge on any atom is -0.296 e. The molecule has 13 heavy (non-hydrogen) atoms. The molecule has 0 fully saturated rings. The number of nitrogens with one attached hydrogen (secondary N) is 1. The van der Waals surface area contributed by atoms with Gasteiger partial charge in [-0.1, -0.05) is 26.7 Å². The Hall–Kier alpha value is -0.860. The van der Waals surface area contributed by atoms with Crippen LogP contribution in [0.4, 0.5) is 0 Å². The molecule has 2 amide bonds. The number of carbonyl (C=O) groups excluding carboxylic acids is 2. The molecule has 0 aliphatic heterocycles. The zero-order valence-electron chi connectivity index (χ0n) is 8.72. The van der Waals surface area contributed by atoms with Crippen molar-refractivity contribution in [1.29, 1.82) is 0 Å². The van der Waals surface area contributed by atoms with E-state index in [-0.39, 0.29) is 17.7 Å². The van der Waals surface area contributed by atoms with Gasteiger partial charge in [-0.15, -0.1) is 0 Å². The van der Waals surface area contributed by atoms with Crippen molar-refractivity contribution >= 4 is 11.8 Å². The number of hydrogen-bond acceptors (Lipinski definition) is 2. The molecule has 0 spiro atoms. The third kappa shape index (κ3) is 5.39. The van der Waals surface area contributed by atoms with Crippen LogP contribution in [0.5, 0.6) is 0 Å². The maximum atomic E-state index is 11.4. The Morgan fingerprint density at radius 2 is 1.62 bits per heavy atom. The summed E-state index contributed by atoms with van der Waals surface area (Å²) >= 11 is 0. The molecule has 3 heteroatoms. The van der Waals surface area contributed by atoms with Crippen LogP contribution in [0.25, 0.3) is 0 Å². The fourth-order valence-electron chi connectivity index (χ4n) is 1.38. The van der Waals surface area contributed by atoms with Crippen LogP contribution in [-0.2, 0) is 9.59 Å². The Bertz CT molecular complexity index is 172. The van der Waals surface area contributed by atoms with E-state index in [2.05, 4.69) is 5.32 Å². The number of amides is 2. The van der Waals surface area contributed by atoms with Gasteiger partial charge < -0.3 is 0 Å². The van der Waals surface area contributed by atoms with Crippen LogP contribution < -0.4 is 5.32 Å². The molecule has 0 saturated carbocycles. The van der Waals surface area contributed by atoms with Gasteiger partial charge in [0.15, 0.2) is 0 Å². The van der Waals surface area contributed by atoms with Gasteiger partial charge in [0.2, 0.25) is 11.8 Å². The van der Waals surface area contributed by atoms with E-state index in [0.717, 1.165) is 25.7 Å². The van der Waals surface area contributed by atoms with Gasteiger partial charge in [0.1, 0.15) is 0 Å². The molecule has 0 aromatic heterocycles. The van der Waals surface area contributed by atoms with Crippen molar-refractivity contribution in [3.63, 3.8) is 0 Å². The molecule has 3 nitrogen and oxygen atoms in total. The SMILES string of the molecule is CCCC(CCC)C(=O)NC(C)=O. The van der Waals surface area contributed by atoms with E-state index in [1.54, 1.807) is 0 Å². The Balaban J connectivity index is 4.02. The van der Waals surface area contributed by atoms with Gasteiger partial charge in [-0.25, -0.2) is 0 Å². The molecule has 0 aromatic rings. The molecule has 0 unspecified atom stereocenters. The number of rotatable bonds is 5. The molecule has 0 heterocycles. The molecule has 0 radical (unpaired) electrons. The topological polar surface area (TPSA) is 46.2 Å². The summed E-state index contributed by atoms with van der Waals surface area (Å²) in [5.74, 6) is -0.364. The van der Waals surface area contributed by atoms with Crippen LogP contribution >= 0.6 is 0 Å². The highest BCUT2D eigenvalue weighted by Crippen LogP contribution is 2.13. The second-order valence-corrected chi connectivity index (χ2v) is 3.32. The zero-order chi connectivity index (χ0) is 10.3. The van der Waals surface area contributed by atoms with Gasteiger partial charge in [0.05, 0.1) is 0 Å². The molecule has 76 valence electrons. The van der Waals surface area contributed by atoms with E-state index < -0.39 is 0 Å². The lowest BCUT2D eigenvalue weighted by molar-refractivity contribution is -0.132. The standard InChI is InChI=1S/C10H19NO2/c1-4-6-9(7-5-2)10(13)11-8(3)12/h9H,4-7H2,1-3H3,(H,11,12,13). The highest BCUT2D eigenvalue weighted by Gasteiger charge is 2.16. The van der Waals surface area contributed by atoms with E-state index in [0.29, 0.717) is 0 Å². The lowest BCUT2D eigenvalue weighted by Gasteiger charge is -2.13. The smallest absolute Gasteiger partial charge is 0.229 e. The summed E-state index contributed by atoms with van der Waals surface area (Å²) in [7, 11) is 0. The minimum absolute atomic E-state index is 0.0129.